The summed E-state index contributed by atoms with van der Waals surface area (Å²) in [5.74, 6) is 1.16. The third-order valence-corrected chi connectivity index (χ3v) is 3.84. The maximum Gasteiger partial charge on any atom is 0.272 e. The molecule has 6 heteroatoms. The number of benzene rings is 2. The van der Waals surface area contributed by atoms with E-state index in [1.54, 1.807) is 12.3 Å². The summed E-state index contributed by atoms with van der Waals surface area (Å²) < 4.78 is 11.4. The number of fused-ring (bicyclic) bond motifs is 1. The zero-order chi connectivity index (χ0) is 14.7. The number of hydrazone groups is 1. The fourth-order valence-electron chi connectivity index (χ4n) is 1.86. The van der Waals surface area contributed by atoms with E-state index in [1.165, 1.54) is 0 Å². The van der Waals surface area contributed by atoms with Crippen LogP contribution in [0.15, 0.2) is 47.6 Å². The van der Waals surface area contributed by atoms with E-state index in [2.05, 4.69) is 33.1 Å². The molecule has 2 aromatic carbocycles. The summed E-state index contributed by atoms with van der Waals surface area (Å²) in [6.07, 6.45) is 1.57. The van der Waals surface area contributed by atoms with Gasteiger partial charge in [-0.25, -0.2) is 5.43 Å². The summed E-state index contributed by atoms with van der Waals surface area (Å²) in [6.45, 7) is 0.235. The van der Waals surface area contributed by atoms with Gasteiger partial charge in [0.15, 0.2) is 11.5 Å². The zero-order valence-corrected chi connectivity index (χ0v) is 13.0. The van der Waals surface area contributed by atoms with Gasteiger partial charge >= 0.3 is 0 Å². The second-order valence-electron chi connectivity index (χ2n) is 4.29. The number of nitrogens with one attached hydrogen (secondary N) is 1. The second-order valence-corrected chi connectivity index (χ2v) is 5.45. The van der Waals surface area contributed by atoms with Gasteiger partial charge < -0.3 is 9.47 Å². The van der Waals surface area contributed by atoms with Crippen LogP contribution in [-0.2, 0) is 0 Å². The molecule has 1 aliphatic heterocycles. The van der Waals surface area contributed by atoms with Crippen LogP contribution in [0.2, 0.25) is 0 Å². The Morgan fingerprint density at radius 3 is 2.86 bits per heavy atom. The summed E-state index contributed by atoms with van der Waals surface area (Å²) in [5.41, 5.74) is 3.93. The van der Waals surface area contributed by atoms with Gasteiger partial charge in [-0.1, -0.05) is 12.1 Å². The Hall–Kier alpha value is -2.09. The van der Waals surface area contributed by atoms with Crippen LogP contribution < -0.4 is 14.9 Å². The third-order valence-electron chi connectivity index (χ3n) is 2.89. The SMILES string of the molecule is O=C(NN=Cc1ccc2c(c1)OCO2)c1ccccc1I. The smallest absolute Gasteiger partial charge is 0.272 e. The average molecular weight is 394 g/mol. The van der Waals surface area contributed by atoms with Crippen molar-refractivity contribution in [3.05, 3.63) is 57.2 Å². The zero-order valence-electron chi connectivity index (χ0n) is 10.9. The molecule has 0 spiro atoms. The summed E-state index contributed by atoms with van der Waals surface area (Å²) in [7, 11) is 0. The summed E-state index contributed by atoms with van der Waals surface area (Å²) in [5, 5.41) is 3.96. The first-order chi connectivity index (χ1) is 10.2. The van der Waals surface area contributed by atoms with Gasteiger partial charge in [-0.2, -0.15) is 5.10 Å². The van der Waals surface area contributed by atoms with Crippen LogP contribution in [0.4, 0.5) is 0 Å². The first-order valence-electron chi connectivity index (χ1n) is 6.21. The quantitative estimate of drug-likeness (QED) is 0.495. The van der Waals surface area contributed by atoms with Crippen LogP contribution in [0.3, 0.4) is 0 Å². The molecule has 0 saturated heterocycles. The Labute approximate surface area is 135 Å². The van der Waals surface area contributed by atoms with Crippen LogP contribution >= 0.6 is 22.6 Å². The predicted octanol–water partition coefficient (Wildman–Crippen LogP) is 2.78. The molecule has 5 nitrogen and oxygen atoms in total. The van der Waals surface area contributed by atoms with Gasteiger partial charge in [0.2, 0.25) is 6.79 Å². The molecule has 21 heavy (non-hydrogen) atoms. The summed E-state index contributed by atoms with van der Waals surface area (Å²) in [4.78, 5) is 12.0. The highest BCUT2D eigenvalue weighted by atomic mass is 127. The van der Waals surface area contributed by atoms with Crippen molar-refractivity contribution < 1.29 is 14.3 Å². The Morgan fingerprint density at radius 1 is 1.19 bits per heavy atom. The number of ether oxygens (including phenoxy) is 2. The summed E-state index contributed by atoms with van der Waals surface area (Å²) >= 11 is 2.12. The number of hydrogen-bond donors (Lipinski definition) is 1. The molecule has 0 aliphatic carbocycles. The maximum atomic E-state index is 12.0. The highest BCUT2D eigenvalue weighted by Gasteiger charge is 2.12. The van der Waals surface area contributed by atoms with Crippen LogP contribution in [-0.4, -0.2) is 18.9 Å². The Morgan fingerprint density at radius 2 is 2.00 bits per heavy atom. The minimum Gasteiger partial charge on any atom is -0.454 e. The second kappa shape index (κ2) is 6.13. The molecule has 0 atom stereocenters. The normalized spacial score (nSPS) is 12.6. The highest BCUT2D eigenvalue weighted by molar-refractivity contribution is 14.1. The third kappa shape index (κ3) is 3.15. The molecule has 1 N–H and O–H groups in total. The molecule has 3 rings (SSSR count). The van der Waals surface area contributed by atoms with Crippen molar-refractivity contribution in [1.29, 1.82) is 0 Å². The molecule has 1 amide bonds. The molecule has 2 aromatic rings. The van der Waals surface area contributed by atoms with E-state index in [4.69, 9.17) is 9.47 Å². The van der Waals surface area contributed by atoms with Crippen LogP contribution in [0, 0.1) is 3.57 Å². The first kappa shape index (κ1) is 13.9. The van der Waals surface area contributed by atoms with Crippen LogP contribution in [0.1, 0.15) is 15.9 Å². The van der Waals surface area contributed by atoms with Crippen molar-refractivity contribution >= 4 is 34.7 Å². The van der Waals surface area contributed by atoms with E-state index in [-0.39, 0.29) is 12.7 Å². The monoisotopic (exact) mass is 394 g/mol. The van der Waals surface area contributed by atoms with Crippen LogP contribution in [0.25, 0.3) is 0 Å². The van der Waals surface area contributed by atoms with Crippen molar-refractivity contribution in [2.75, 3.05) is 6.79 Å². The van der Waals surface area contributed by atoms with E-state index >= 15 is 0 Å². The van der Waals surface area contributed by atoms with Crippen molar-refractivity contribution in [1.82, 2.24) is 5.43 Å². The fraction of sp³-hybridized carbons (Fsp3) is 0.0667. The molecule has 0 saturated carbocycles. The minimum absolute atomic E-state index is 0.235. The minimum atomic E-state index is -0.239. The van der Waals surface area contributed by atoms with Gasteiger partial charge in [0.1, 0.15) is 0 Å². The Balaban J connectivity index is 1.67. The lowest BCUT2D eigenvalue weighted by molar-refractivity contribution is 0.0954. The van der Waals surface area contributed by atoms with E-state index in [0.717, 1.165) is 14.9 Å². The standard InChI is InChI=1S/C15H11IN2O3/c16-12-4-2-1-3-11(12)15(19)18-17-8-10-5-6-13-14(7-10)21-9-20-13/h1-8H,9H2,(H,18,19). The molecular weight excluding hydrogens is 383 g/mol. The lowest BCUT2D eigenvalue weighted by Gasteiger charge is -2.02. The molecule has 1 aliphatic rings. The van der Waals surface area contributed by atoms with E-state index in [9.17, 15) is 4.79 Å². The van der Waals surface area contributed by atoms with Crippen molar-refractivity contribution in [2.45, 2.75) is 0 Å². The van der Waals surface area contributed by atoms with Gasteiger partial charge in [-0.05, 0) is 58.5 Å². The largest absolute Gasteiger partial charge is 0.454 e. The highest BCUT2D eigenvalue weighted by Crippen LogP contribution is 2.31. The molecule has 106 valence electrons. The van der Waals surface area contributed by atoms with Crippen molar-refractivity contribution in [2.24, 2.45) is 5.10 Å². The van der Waals surface area contributed by atoms with Gasteiger partial charge in [0.05, 0.1) is 11.8 Å². The molecule has 0 bridgehead atoms. The van der Waals surface area contributed by atoms with Crippen LogP contribution in [0.5, 0.6) is 11.5 Å². The lowest BCUT2D eigenvalue weighted by atomic mass is 10.2. The van der Waals surface area contributed by atoms with E-state index < -0.39 is 0 Å². The molecule has 0 unspecified atom stereocenters. The van der Waals surface area contributed by atoms with Gasteiger partial charge in [0.25, 0.3) is 5.91 Å². The molecular formula is C15H11IN2O3. The number of amides is 1. The molecule has 1 heterocycles. The number of hydrogen-bond acceptors (Lipinski definition) is 4. The number of nitrogens with zero attached hydrogens (tertiary/aromatic N) is 1. The number of halogens is 1. The number of rotatable bonds is 3. The first-order valence-corrected chi connectivity index (χ1v) is 7.29. The summed E-state index contributed by atoms with van der Waals surface area (Å²) in [6, 6.07) is 12.8. The fourth-order valence-corrected chi connectivity index (χ4v) is 2.50. The average Bonchev–Trinajstić information content (AvgIpc) is 2.95. The van der Waals surface area contributed by atoms with E-state index in [0.29, 0.717) is 11.3 Å². The Kier molecular flexibility index (Phi) is 4.05. The van der Waals surface area contributed by atoms with Gasteiger partial charge in [0, 0.05) is 3.57 Å². The van der Waals surface area contributed by atoms with Gasteiger partial charge in [-0.15, -0.1) is 0 Å². The number of carbonyl (C=O) groups excluding carboxylic acids is 1. The molecule has 0 aromatic heterocycles. The molecule has 0 fully saturated rings. The van der Waals surface area contributed by atoms with Crippen molar-refractivity contribution in [3.8, 4) is 11.5 Å². The number of carbonyl (C=O) groups is 1. The maximum absolute atomic E-state index is 12.0. The Bertz CT molecular complexity index is 716. The lowest BCUT2D eigenvalue weighted by Crippen LogP contribution is -2.18. The van der Waals surface area contributed by atoms with Gasteiger partial charge in [-0.3, -0.25) is 4.79 Å². The van der Waals surface area contributed by atoms with E-state index in [1.807, 2.05) is 36.4 Å². The topological polar surface area (TPSA) is 59.9 Å². The molecule has 0 radical (unpaired) electrons. The van der Waals surface area contributed by atoms with Crippen molar-refractivity contribution in [3.63, 3.8) is 0 Å². The predicted molar refractivity (Wildman–Crippen MR) is 86.8 cm³/mol.